The van der Waals surface area contributed by atoms with Gasteiger partial charge >= 0.3 is 6.09 Å². The Bertz CT molecular complexity index is 977. The van der Waals surface area contributed by atoms with E-state index >= 15 is 0 Å². The van der Waals surface area contributed by atoms with E-state index in [4.69, 9.17) is 4.74 Å². The summed E-state index contributed by atoms with van der Waals surface area (Å²) in [6.45, 7) is 6.72. The van der Waals surface area contributed by atoms with Gasteiger partial charge in [0.15, 0.2) is 0 Å². The molecule has 1 N–H and O–H groups in total. The molecule has 2 aliphatic rings. The summed E-state index contributed by atoms with van der Waals surface area (Å²) in [6, 6.07) is 10.8. The molecule has 2 fully saturated rings. The van der Waals surface area contributed by atoms with E-state index in [2.05, 4.69) is 15.2 Å². The number of hydrogen-bond donors (Lipinski definition) is 1. The third kappa shape index (κ3) is 4.70. The molecule has 4 rings (SSSR count). The quantitative estimate of drug-likeness (QED) is 0.789. The Morgan fingerprint density at radius 3 is 2.61 bits per heavy atom. The fourth-order valence-corrected chi connectivity index (χ4v) is 3.90. The molecule has 2 amide bonds. The number of hydrogen-bond acceptors (Lipinski definition) is 6. The normalized spacial score (nSPS) is 18.9. The number of rotatable bonds is 5. The van der Waals surface area contributed by atoms with Gasteiger partial charge in [-0.3, -0.25) is 9.69 Å². The van der Waals surface area contributed by atoms with Gasteiger partial charge in [-0.2, -0.15) is 0 Å². The number of amides is 2. The molecule has 0 spiro atoms. The zero-order valence-electron chi connectivity index (χ0n) is 17.7. The maximum atomic E-state index is 14.9. The van der Waals surface area contributed by atoms with Gasteiger partial charge in [0.2, 0.25) is 5.91 Å². The molecule has 2 aromatic rings. The molecule has 2 saturated heterocycles. The van der Waals surface area contributed by atoms with E-state index in [0.717, 1.165) is 24.6 Å². The molecule has 1 aromatic carbocycles. The molecule has 1 aromatic heterocycles. The fraction of sp³-hybridized carbons (Fsp3) is 0.409. The first kappa shape index (κ1) is 20.9. The summed E-state index contributed by atoms with van der Waals surface area (Å²) < 4.78 is 20.2. The lowest BCUT2D eigenvalue weighted by molar-refractivity contribution is -0.119. The number of aromatic nitrogens is 1. The highest BCUT2D eigenvalue weighted by molar-refractivity contribution is 5.90. The molecule has 0 aliphatic carbocycles. The van der Waals surface area contributed by atoms with Crippen molar-refractivity contribution in [1.29, 1.82) is 0 Å². The van der Waals surface area contributed by atoms with E-state index in [0.29, 0.717) is 24.5 Å². The van der Waals surface area contributed by atoms with Crippen LogP contribution in [0.3, 0.4) is 0 Å². The number of cyclic esters (lactones) is 1. The van der Waals surface area contributed by atoms with Crippen molar-refractivity contribution in [3.63, 3.8) is 0 Å². The molecule has 1 atom stereocenters. The number of nitrogens with zero attached hydrogens (tertiary/aromatic N) is 4. The minimum Gasteiger partial charge on any atom is -0.442 e. The summed E-state index contributed by atoms with van der Waals surface area (Å²) in [5.74, 6) is 0.373. The summed E-state index contributed by atoms with van der Waals surface area (Å²) in [4.78, 5) is 33.4. The van der Waals surface area contributed by atoms with Crippen molar-refractivity contribution in [3.05, 3.63) is 47.9 Å². The number of carbonyl (C=O) groups is 2. The van der Waals surface area contributed by atoms with Crippen molar-refractivity contribution in [2.75, 3.05) is 54.0 Å². The Kier molecular flexibility index (Phi) is 5.92. The number of piperazine rings is 1. The molecule has 0 radical (unpaired) electrons. The number of benzene rings is 1. The van der Waals surface area contributed by atoms with Gasteiger partial charge in [0.25, 0.3) is 0 Å². The Balaban J connectivity index is 1.39. The summed E-state index contributed by atoms with van der Waals surface area (Å²) in [5, 5.41) is 2.63. The van der Waals surface area contributed by atoms with Gasteiger partial charge < -0.3 is 19.9 Å². The standard InChI is InChI=1S/C22H26FN5O3/c1-15-4-3-5-21(25-15)27-10-8-26(9-11-27)20-7-6-17(12-19(20)23)28-14-18(31-22(28)30)13-24-16(2)29/h3-7,12,18H,8-11,13-14H2,1-2H3,(H,24,29)/t18-/m0/s1. The van der Waals surface area contributed by atoms with Crippen LogP contribution in [0.1, 0.15) is 12.6 Å². The summed E-state index contributed by atoms with van der Waals surface area (Å²) >= 11 is 0. The summed E-state index contributed by atoms with van der Waals surface area (Å²) in [7, 11) is 0. The van der Waals surface area contributed by atoms with Crippen molar-refractivity contribution < 1.29 is 18.7 Å². The van der Waals surface area contributed by atoms with Crippen LogP contribution in [0.2, 0.25) is 0 Å². The van der Waals surface area contributed by atoms with Crippen LogP contribution in [0, 0.1) is 12.7 Å². The highest BCUT2D eigenvalue weighted by Crippen LogP contribution is 2.29. The van der Waals surface area contributed by atoms with E-state index in [1.54, 1.807) is 12.1 Å². The second-order valence-corrected chi connectivity index (χ2v) is 7.80. The van der Waals surface area contributed by atoms with Gasteiger partial charge in [0.05, 0.1) is 24.5 Å². The van der Waals surface area contributed by atoms with Crippen LogP contribution < -0.4 is 20.0 Å². The molecule has 0 saturated carbocycles. The molecule has 9 heteroatoms. The van der Waals surface area contributed by atoms with E-state index in [-0.39, 0.29) is 24.8 Å². The molecule has 3 heterocycles. The Labute approximate surface area is 180 Å². The number of aryl methyl sites for hydroxylation is 1. The Morgan fingerprint density at radius 2 is 1.94 bits per heavy atom. The predicted octanol–water partition coefficient (Wildman–Crippen LogP) is 2.32. The monoisotopic (exact) mass is 427 g/mol. The lowest BCUT2D eigenvalue weighted by Crippen LogP contribution is -2.47. The average Bonchev–Trinajstić information content (AvgIpc) is 3.13. The van der Waals surface area contributed by atoms with E-state index in [9.17, 15) is 14.0 Å². The van der Waals surface area contributed by atoms with Gasteiger partial charge in [-0.1, -0.05) is 6.07 Å². The molecule has 164 valence electrons. The maximum absolute atomic E-state index is 14.9. The molecular formula is C22H26FN5O3. The molecule has 8 nitrogen and oxygen atoms in total. The third-order valence-corrected chi connectivity index (χ3v) is 5.51. The van der Waals surface area contributed by atoms with Crippen LogP contribution in [-0.4, -0.2) is 62.4 Å². The summed E-state index contributed by atoms with van der Waals surface area (Å²) in [5.41, 5.74) is 1.93. The fourth-order valence-electron chi connectivity index (χ4n) is 3.90. The number of pyridine rings is 1. The zero-order chi connectivity index (χ0) is 22.0. The topological polar surface area (TPSA) is 78.0 Å². The molecule has 2 aliphatic heterocycles. The second kappa shape index (κ2) is 8.79. The highest BCUT2D eigenvalue weighted by atomic mass is 19.1. The van der Waals surface area contributed by atoms with Gasteiger partial charge in [0.1, 0.15) is 17.7 Å². The number of anilines is 3. The lowest BCUT2D eigenvalue weighted by atomic mass is 10.2. The van der Waals surface area contributed by atoms with Crippen molar-refractivity contribution in [3.8, 4) is 0 Å². The van der Waals surface area contributed by atoms with Crippen molar-refractivity contribution in [2.45, 2.75) is 20.0 Å². The van der Waals surface area contributed by atoms with Crippen LogP contribution in [0.15, 0.2) is 36.4 Å². The van der Waals surface area contributed by atoms with Crippen LogP contribution in [0.5, 0.6) is 0 Å². The first-order valence-corrected chi connectivity index (χ1v) is 10.4. The number of nitrogens with one attached hydrogen (secondary N) is 1. The van der Waals surface area contributed by atoms with Gasteiger partial charge in [-0.25, -0.2) is 14.2 Å². The largest absolute Gasteiger partial charge is 0.442 e. The highest BCUT2D eigenvalue weighted by Gasteiger charge is 2.33. The first-order chi connectivity index (χ1) is 14.9. The van der Waals surface area contributed by atoms with Gasteiger partial charge in [-0.05, 0) is 37.3 Å². The number of carbonyl (C=O) groups excluding carboxylic acids is 2. The van der Waals surface area contributed by atoms with Crippen molar-refractivity contribution in [2.24, 2.45) is 0 Å². The molecule has 0 bridgehead atoms. The maximum Gasteiger partial charge on any atom is 0.414 e. The molecule has 0 unspecified atom stereocenters. The predicted molar refractivity (Wildman–Crippen MR) is 116 cm³/mol. The summed E-state index contributed by atoms with van der Waals surface area (Å²) in [6.07, 6.45) is -0.996. The Morgan fingerprint density at radius 1 is 1.19 bits per heavy atom. The number of halogens is 1. The van der Waals surface area contributed by atoms with Crippen LogP contribution in [-0.2, 0) is 9.53 Å². The lowest BCUT2D eigenvalue weighted by Gasteiger charge is -2.37. The third-order valence-electron chi connectivity index (χ3n) is 5.51. The minimum absolute atomic E-state index is 0.192. The van der Waals surface area contributed by atoms with Crippen molar-refractivity contribution >= 4 is 29.2 Å². The SMILES string of the molecule is CC(=O)NC[C@H]1CN(c2ccc(N3CCN(c4cccc(C)n4)CC3)c(F)c2)C(=O)O1. The average molecular weight is 427 g/mol. The van der Waals surface area contributed by atoms with E-state index in [1.807, 2.05) is 30.0 Å². The molecule has 31 heavy (non-hydrogen) atoms. The van der Waals surface area contributed by atoms with Crippen LogP contribution in [0.25, 0.3) is 0 Å². The molecular weight excluding hydrogens is 401 g/mol. The van der Waals surface area contributed by atoms with Gasteiger partial charge in [-0.15, -0.1) is 0 Å². The number of ether oxygens (including phenoxy) is 1. The van der Waals surface area contributed by atoms with E-state index < -0.39 is 12.2 Å². The van der Waals surface area contributed by atoms with Crippen LogP contribution >= 0.6 is 0 Å². The first-order valence-electron chi connectivity index (χ1n) is 10.4. The Hall–Kier alpha value is -3.36. The van der Waals surface area contributed by atoms with Crippen LogP contribution in [0.4, 0.5) is 26.4 Å². The van der Waals surface area contributed by atoms with Crippen molar-refractivity contribution in [1.82, 2.24) is 10.3 Å². The van der Waals surface area contributed by atoms with E-state index in [1.165, 1.54) is 17.9 Å². The van der Waals surface area contributed by atoms with Gasteiger partial charge in [0, 0.05) is 38.8 Å². The zero-order valence-corrected chi connectivity index (χ0v) is 17.7. The smallest absolute Gasteiger partial charge is 0.414 e. The minimum atomic E-state index is -0.540. The second-order valence-electron chi connectivity index (χ2n) is 7.80.